The molecule has 0 amide bonds. The fourth-order valence-electron chi connectivity index (χ4n) is 2.99. The molecule has 96 valence electrons. The van der Waals surface area contributed by atoms with E-state index in [-0.39, 0.29) is 5.82 Å². The maximum Gasteiger partial charge on any atom is 0.151 e. The van der Waals surface area contributed by atoms with Crippen LogP contribution < -0.4 is 0 Å². The van der Waals surface area contributed by atoms with Crippen LogP contribution in [0.3, 0.4) is 0 Å². The average molecular weight is 246 g/mol. The molecule has 1 fully saturated rings. The highest BCUT2D eigenvalue weighted by atomic mass is 19.1. The molecule has 3 heteroatoms. The number of halogens is 1. The molecule has 1 aromatic heterocycles. The summed E-state index contributed by atoms with van der Waals surface area (Å²) < 4.78 is 13.6. The Hall–Kier alpha value is -1.38. The van der Waals surface area contributed by atoms with Gasteiger partial charge in [-0.2, -0.15) is 0 Å². The lowest BCUT2D eigenvalue weighted by atomic mass is 9.96. The van der Waals surface area contributed by atoms with E-state index in [0.717, 1.165) is 23.7 Å². The van der Waals surface area contributed by atoms with Crippen molar-refractivity contribution < 1.29 is 4.39 Å². The van der Waals surface area contributed by atoms with E-state index in [4.69, 9.17) is 0 Å². The van der Waals surface area contributed by atoms with Crippen LogP contribution in [0.2, 0.25) is 0 Å². The minimum atomic E-state index is -0.226. The first-order chi connectivity index (χ1) is 8.83. The van der Waals surface area contributed by atoms with E-state index in [9.17, 15) is 4.39 Å². The zero-order chi connectivity index (χ0) is 12.4. The number of nitrogens with one attached hydrogen (secondary N) is 1. The summed E-state index contributed by atoms with van der Waals surface area (Å²) in [6, 6.07) is 5.09. The largest absolute Gasteiger partial charge is 0.342 e. The zero-order valence-corrected chi connectivity index (χ0v) is 10.6. The van der Waals surface area contributed by atoms with E-state index in [2.05, 4.69) is 9.97 Å². The van der Waals surface area contributed by atoms with Crippen molar-refractivity contribution in [2.75, 3.05) is 0 Å². The van der Waals surface area contributed by atoms with Crippen molar-refractivity contribution in [1.82, 2.24) is 9.97 Å². The Labute approximate surface area is 107 Å². The van der Waals surface area contributed by atoms with Crippen LogP contribution in [-0.4, -0.2) is 9.97 Å². The van der Waals surface area contributed by atoms with Gasteiger partial charge in [-0.25, -0.2) is 9.37 Å². The normalized spacial score (nSPS) is 18.1. The van der Waals surface area contributed by atoms with Gasteiger partial charge in [-0.1, -0.05) is 44.6 Å². The van der Waals surface area contributed by atoms with E-state index in [1.807, 2.05) is 6.07 Å². The van der Waals surface area contributed by atoms with Gasteiger partial charge in [-0.3, -0.25) is 0 Å². The van der Waals surface area contributed by atoms with E-state index < -0.39 is 0 Å². The molecule has 2 nitrogen and oxygen atoms in total. The van der Waals surface area contributed by atoms with Gasteiger partial charge in [0.05, 0.1) is 5.52 Å². The van der Waals surface area contributed by atoms with Crippen LogP contribution in [0.1, 0.15) is 44.3 Å². The summed E-state index contributed by atoms with van der Waals surface area (Å²) in [6.45, 7) is 0. The molecule has 1 aliphatic rings. The third kappa shape index (κ3) is 2.40. The number of H-pyrrole nitrogens is 1. The number of aromatic nitrogens is 2. The molecule has 1 heterocycles. The standard InChI is InChI=1S/C15H19FN2/c16-12-8-5-9-13-15(12)18-14(17-13)10-11-6-3-1-2-4-7-11/h5,8-9,11H,1-4,6-7,10H2,(H,17,18). The molecule has 1 N–H and O–H groups in total. The van der Waals surface area contributed by atoms with Crippen molar-refractivity contribution in [3.8, 4) is 0 Å². The molecular weight excluding hydrogens is 227 g/mol. The molecule has 2 aromatic rings. The molecule has 1 aliphatic carbocycles. The summed E-state index contributed by atoms with van der Waals surface area (Å²) in [6.07, 6.45) is 8.95. The van der Waals surface area contributed by atoms with Crippen LogP contribution in [0.5, 0.6) is 0 Å². The lowest BCUT2D eigenvalue weighted by Gasteiger charge is -2.11. The predicted octanol–water partition coefficient (Wildman–Crippen LogP) is 4.21. The smallest absolute Gasteiger partial charge is 0.151 e. The SMILES string of the molecule is Fc1cccc2[nH]c(CC3CCCCCC3)nc12. The first kappa shape index (κ1) is 11.7. The number of para-hydroxylation sites is 1. The molecule has 18 heavy (non-hydrogen) atoms. The van der Waals surface area contributed by atoms with Crippen LogP contribution in [0.15, 0.2) is 18.2 Å². The van der Waals surface area contributed by atoms with Crippen LogP contribution in [-0.2, 0) is 6.42 Å². The van der Waals surface area contributed by atoms with Crippen LogP contribution in [0.25, 0.3) is 11.0 Å². The van der Waals surface area contributed by atoms with Crippen molar-refractivity contribution in [3.63, 3.8) is 0 Å². The Morgan fingerprint density at radius 1 is 1.17 bits per heavy atom. The molecule has 0 aliphatic heterocycles. The van der Waals surface area contributed by atoms with Crippen molar-refractivity contribution in [2.24, 2.45) is 5.92 Å². The highest BCUT2D eigenvalue weighted by molar-refractivity contribution is 5.75. The maximum atomic E-state index is 13.6. The molecule has 0 atom stereocenters. The van der Waals surface area contributed by atoms with Gasteiger partial charge in [-0.05, 0) is 18.1 Å². The van der Waals surface area contributed by atoms with E-state index in [1.165, 1.54) is 44.6 Å². The number of nitrogens with zero attached hydrogens (tertiary/aromatic N) is 1. The Balaban J connectivity index is 1.79. The summed E-state index contributed by atoms with van der Waals surface area (Å²) in [4.78, 5) is 7.66. The van der Waals surface area contributed by atoms with E-state index in [0.29, 0.717) is 5.52 Å². The molecule has 3 rings (SSSR count). The molecule has 1 aromatic carbocycles. The Morgan fingerprint density at radius 2 is 1.94 bits per heavy atom. The number of aromatic amines is 1. The quantitative estimate of drug-likeness (QED) is 0.790. The maximum absolute atomic E-state index is 13.6. The molecule has 1 saturated carbocycles. The third-order valence-corrected chi connectivity index (χ3v) is 3.97. The Bertz CT molecular complexity index is 524. The second-order valence-corrected chi connectivity index (χ2v) is 5.38. The fourth-order valence-corrected chi connectivity index (χ4v) is 2.99. The Kier molecular flexibility index (Phi) is 3.31. The van der Waals surface area contributed by atoms with Crippen LogP contribution in [0, 0.1) is 11.7 Å². The molecule has 0 radical (unpaired) electrons. The third-order valence-electron chi connectivity index (χ3n) is 3.97. The first-order valence-electron chi connectivity index (χ1n) is 6.96. The van der Waals surface area contributed by atoms with Crippen LogP contribution >= 0.6 is 0 Å². The number of benzene rings is 1. The summed E-state index contributed by atoms with van der Waals surface area (Å²) in [7, 11) is 0. The first-order valence-corrected chi connectivity index (χ1v) is 6.96. The number of imidazole rings is 1. The van der Waals surface area contributed by atoms with Gasteiger partial charge in [0.25, 0.3) is 0 Å². The highest BCUT2D eigenvalue weighted by Gasteiger charge is 2.15. The lowest BCUT2D eigenvalue weighted by Crippen LogP contribution is -2.04. The van der Waals surface area contributed by atoms with Crippen molar-refractivity contribution in [1.29, 1.82) is 0 Å². The second-order valence-electron chi connectivity index (χ2n) is 5.38. The van der Waals surface area contributed by atoms with Gasteiger partial charge in [-0.15, -0.1) is 0 Å². The van der Waals surface area contributed by atoms with E-state index >= 15 is 0 Å². The van der Waals surface area contributed by atoms with Gasteiger partial charge in [0, 0.05) is 6.42 Å². The van der Waals surface area contributed by atoms with Crippen LogP contribution in [0.4, 0.5) is 4.39 Å². The molecule has 0 spiro atoms. The second kappa shape index (κ2) is 5.09. The highest BCUT2D eigenvalue weighted by Crippen LogP contribution is 2.26. The predicted molar refractivity (Wildman–Crippen MR) is 70.9 cm³/mol. The average Bonchev–Trinajstić information content (AvgIpc) is 2.60. The number of rotatable bonds is 2. The van der Waals surface area contributed by atoms with Crippen molar-refractivity contribution >= 4 is 11.0 Å². The minimum Gasteiger partial charge on any atom is -0.342 e. The zero-order valence-electron chi connectivity index (χ0n) is 10.6. The van der Waals surface area contributed by atoms with E-state index in [1.54, 1.807) is 6.07 Å². The number of fused-ring (bicyclic) bond motifs is 1. The molecular formula is C15H19FN2. The minimum absolute atomic E-state index is 0.226. The number of hydrogen-bond acceptors (Lipinski definition) is 1. The van der Waals surface area contributed by atoms with Gasteiger partial charge >= 0.3 is 0 Å². The summed E-state index contributed by atoms with van der Waals surface area (Å²) in [5.74, 6) is 1.44. The molecule has 0 saturated heterocycles. The lowest BCUT2D eigenvalue weighted by molar-refractivity contribution is 0.450. The summed E-state index contributed by atoms with van der Waals surface area (Å²) in [5.41, 5.74) is 1.31. The summed E-state index contributed by atoms with van der Waals surface area (Å²) in [5, 5.41) is 0. The topological polar surface area (TPSA) is 28.7 Å². The fraction of sp³-hybridized carbons (Fsp3) is 0.533. The Morgan fingerprint density at radius 3 is 2.67 bits per heavy atom. The van der Waals surface area contributed by atoms with Crippen molar-refractivity contribution in [2.45, 2.75) is 44.9 Å². The molecule has 0 bridgehead atoms. The monoisotopic (exact) mass is 246 g/mol. The van der Waals surface area contributed by atoms with Crippen molar-refractivity contribution in [3.05, 3.63) is 29.8 Å². The van der Waals surface area contributed by atoms with Gasteiger partial charge in [0.2, 0.25) is 0 Å². The number of hydrogen-bond donors (Lipinski definition) is 1. The van der Waals surface area contributed by atoms with Gasteiger partial charge < -0.3 is 4.98 Å². The summed E-state index contributed by atoms with van der Waals surface area (Å²) >= 11 is 0. The van der Waals surface area contributed by atoms with Gasteiger partial charge in [0.1, 0.15) is 11.3 Å². The van der Waals surface area contributed by atoms with Gasteiger partial charge in [0.15, 0.2) is 5.82 Å². The molecule has 0 unspecified atom stereocenters.